The van der Waals surface area contributed by atoms with Gasteiger partial charge in [0.15, 0.2) is 0 Å². The van der Waals surface area contributed by atoms with E-state index in [1.54, 1.807) is 6.07 Å². The van der Waals surface area contributed by atoms with Crippen LogP contribution in [-0.2, 0) is 19.6 Å². The summed E-state index contributed by atoms with van der Waals surface area (Å²) in [7, 11) is -3.81. The van der Waals surface area contributed by atoms with Gasteiger partial charge < -0.3 is 10.1 Å². The standard InChI is InChI=1S/C24H23ClN2O4S/c25-21-12-11-20(17-22(21)32(29,30)27-13-15-31-16-14-27)26-24(28)23(18-7-3-1-4-8-18)19-9-5-2-6-10-19/h1-12,17,23H,13-16H2,(H,26,28). The first kappa shape index (κ1) is 22.5. The van der Waals surface area contributed by atoms with E-state index in [4.69, 9.17) is 16.3 Å². The fourth-order valence-corrected chi connectivity index (χ4v) is 5.61. The van der Waals surface area contributed by atoms with Gasteiger partial charge in [-0.3, -0.25) is 4.79 Å². The Balaban J connectivity index is 1.64. The zero-order valence-corrected chi connectivity index (χ0v) is 18.9. The maximum atomic E-state index is 13.3. The molecule has 32 heavy (non-hydrogen) atoms. The SMILES string of the molecule is O=C(Nc1ccc(Cl)c(S(=O)(=O)N2CCOCC2)c1)C(c1ccccc1)c1ccccc1. The molecule has 0 unspecified atom stereocenters. The Kier molecular flexibility index (Phi) is 6.91. The molecule has 166 valence electrons. The average Bonchev–Trinajstić information content (AvgIpc) is 2.82. The molecule has 1 aliphatic rings. The summed E-state index contributed by atoms with van der Waals surface area (Å²) in [5, 5.41) is 2.98. The number of hydrogen-bond donors (Lipinski definition) is 1. The molecule has 1 aliphatic heterocycles. The van der Waals surface area contributed by atoms with Crippen LogP contribution in [0.2, 0.25) is 5.02 Å². The number of hydrogen-bond acceptors (Lipinski definition) is 4. The minimum Gasteiger partial charge on any atom is -0.379 e. The highest BCUT2D eigenvalue weighted by Gasteiger charge is 2.29. The Morgan fingerprint density at radius 3 is 2.03 bits per heavy atom. The van der Waals surface area contributed by atoms with Crippen LogP contribution in [-0.4, -0.2) is 44.9 Å². The summed E-state index contributed by atoms with van der Waals surface area (Å²) >= 11 is 6.24. The van der Waals surface area contributed by atoms with E-state index in [1.165, 1.54) is 16.4 Å². The zero-order valence-electron chi connectivity index (χ0n) is 17.3. The van der Waals surface area contributed by atoms with Crippen molar-refractivity contribution < 1.29 is 17.9 Å². The molecule has 4 rings (SSSR count). The maximum absolute atomic E-state index is 13.3. The quantitative estimate of drug-likeness (QED) is 0.587. The maximum Gasteiger partial charge on any atom is 0.244 e. The fourth-order valence-electron chi connectivity index (χ4n) is 3.71. The molecule has 1 heterocycles. The van der Waals surface area contributed by atoms with Crippen LogP contribution in [0.3, 0.4) is 0 Å². The third-order valence-corrected chi connectivity index (χ3v) is 7.69. The van der Waals surface area contributed by atoms with Crippen LogP contribution in [0.4, 0.5) is 5.69 Å². The molecule has 1 amide bonds. The molecule has 3 aromatic rings. The van der Waals surface area contributed by atoms with Crippen LogP contribution < -0.4 is 5.32 Å². The summed E-state index contributed by atoms with van der Waals surface area (Å²) in [6, 6.07) is 23.4. The van der Waals surface area contributed by atoms with Crippen molar-refractivity contribution in [2.45, 2.75) is 10.8 Å². The van der Waals surface area contributed by atoms with E-state index >= 15 is 0 Å². The summed E-state index contributed by atoms with van der Waals surface area (Å²) in [5.41, 5.74) is 2.04. The van der Waals surface area contributed by atoms with Crippen LogP contribution in [0.15, 0.2) is 83.8 Å². The van der Waals surface area contributed by atoms with Crippen molar-refractivity contribution >= 4 is 33.2 Å². The second-order valence-electron chi connectivity index (χ2n) is 7.41. The highest BCUT2D eigenvalue weighted by atomic mass is 35.5. The predicted octanol–water partition coefficient (Wildman–Crippen LogP) is 4.13. The van der Waals surface area contributed by atoms with Gasteiger partial charge in [0, 0.05) is 18.8 Å². The van der Waals surface area contributed by atoms with E-state index in [0.29, 0.717) is 18.9 Å². The van der Waals surface area contributed by atoms with Crippen molar-refractivity contribution in [3.05, 3.63) is 95.0 Å². The van der Waals surface area contributed by atoms with Gasteiger partial charge in [-0.15, -0.1) is 0 Å². The summed E-state index contributed by atoms with van der Waals surface area (Å²) in [6.45, 7) is 1.20. The largest absolute Gasteiger partial charge is 0.379 e. The number of nitrogens with zero attached hydrogens (tertiary/aromatic N) is 1. The van der Waals surface area contributed by atoms with Gasteiger partial charge in [0.2, 0.25) is 15.9 Å². The number of amides is 1. The fraction of sp³-hybridized carbons (Fsp3) is 0.208. The zero-order chi connectivity index (χ0) is 22.6. The molecule has 1 saturated heterocycles. The lowest BCUT2D eigenvalue weighted by Gasteiger charge is -2.26. The minimum absolute atomic E-state index is 0.0326. The number of halogens is 1. The van der Waals surface area contributed by atoms with Crippen LogP contribution in [0.1, 0.15) is 17.0 Å². The molecule has 0 atom stereocenters. The number of ether oxygens (including phenoxy) is 1. The predicted molar refractivity (Wildman–Crippen MR) is 124 cm³/mol. The third kappa shape index (κ3) is 4.86. The van der Waals surface area contributed by atoms with Crippen molar-refractivity contribution in [1.82, 2.24) is 4.31 Å². The van der Waals surface area contributed by atoms with Crippen LogP contribution in [0.25, 0.3) is 0 Å². The molecule has 0 saturated carbocycles. The van der Waals surface area contributed by atoms with E-state index in [-0.39, 0.29) is 28.9 Å². The Morgan fingerprint density at radius 1 is 0.906 bits per heavy atom. The van der Waals surface area contributed by atoms with Crippen molar-refractivity contribution in [3.8, 4) is 0 Å². The first-order valence-corrected chi connectivity index (χ1v) is 12.1. The van der Waals surface area contributed by atoms with E-state index in [2.05, 4.69) is 5.32 Å². The van der Waals surface area contributed by atoms with Gasteiger partial charge in [-0.2, -0.15) is 4.31 Å². The van der Waals surface area contributed by atoms with Crippen molar-refractivity contribution in [2.75, 3.05) is 31.6 Å². The smallest absolute Gasteiger partial charge is 0.244 e. The first-order valence-electron chi connectivity index (χ1n) is 10.2. The van der Waals surface area contributed by atoms with Gasteiger partial charge in [0.05, 0.1) is 24.2 Å². The molecule has 0 aliphatic carbocycles. The van der Waals surface area contributed by atoms with Crippen molar-refractivity contribution in [3.63, 3.8) is 0 Å². The summed E-state index contributed by atoms with van der Waals surface area (Å²) in [6.07, 6.45) is 0. The van der Waals surface area contributed by atoms with E-state index in [9.17, 15) is 13.2 Å². The molecule has 1 fully saturated rings. The lowest BCUT2D eigenvalue weighted by molar-refractivity contribution is -0.116. The molecule has 1 N–H and O–H groups in total. The van der Waals surface area contributed by atoms with Crippen molar-refractivity contribution in [1.29, 1.82) is 0 Å². The van der Waals surface area contributed by atoms with Gasteiger partial charge in [-0.05, 0) is 29.3 Å². The lowest BCUT2D eigenvalue weighted by atomic mass is 9.90. The first-order chi connectivity index (χ1) is 15.5. The highest BCUT2D eigenvalue weighted by Crippen LogP contribution is 2.30. The molecular formula is C24H23ClN2O4S. The molecule has 3 aromatic carbocycles. The number of carbonyl (C=O) groups excluding carboxylic acids is 1. The number of nitrogens with one attached hydrogen (secondary N) is 1. The summed E-state index contributed by atoms with van der Waals surface area (Å²) in [4.78, 5) is 13.3. The van der Waals surface area contributed by atoms with E-state index in [0.717, 1.165) is 11.1 Å². The monoisotopic (exact) mass is 470 g/mol. The lowest BCUT2D eigenvalue weighted by Crippen LogP contribution is -2.40. The molecule has 0 spiro atoms. The molecular weight excluding hydrogens is 448 g/mol. The van der Waals surface area contributed by atoms with Crippen molar-refractivity contribution in [2.24, 2.45) is 0 Å². The van der Waals surface area contributed by atoms with Gasteiger partial charge in [0.1, 0.15) is 4.90 Å². The van der Waals surface area contributed by atoms with Crippen LogP contribution >= 0.6 is 11.6 Å². The van der Waals surface area contributed by atoms with E-state index < -0.39 is 15.9 Å². The number of morpholine rings is 1. The molecule has 0 radical (unpaired) electrons. The molecule has 0 bridgehead atoms. The van der Waals surface area contributed by atoms with Crippen LogP contribution in [0.5, 0.6) is 0 Å². The molecule has 8 heteroatoms. The minimum atomic E-state index is -3.81. The van der Waals surface area contributed by atoms with Gasteiger partial charge >= 0.3 is 0 Å². The van der Waals surface area contributed by atoms with Crippen LogP contribution in [0, 0.1) is 0 Å². The number of carbonyl (C=O) groups is 1. The number of sulfonamides is 1. The topological polar surface area (TPSA) is 75.7 Å². The molecule has 6 nitrogen and oxygen atoms in total. The molecule has 0 aromatic heterocycles. The van der Waals surface area contributed by atoms with Gasteiger partial charge in [0.25, 0.3) is 0 Å². The number of benzene rings is 3. The Labute approximate surface area is 192 Å². The Hall–Kier alpha value is -2.71. The highest BCUT2D eigenvalue weighted by molar-refractivity contribution is 7.89. The van der Waals surface area contributed by atoms with Gasteiger partial charge in [-0.25, -0.2) is 8.42 Å². The summed E-state index contributed by atoms with van der Waals surface area (Å²) in [5.74, 6) is -0.813. The number of rotatable bonds is 6. The Bertz CT molecular complexity index is 1140. The summed E-state index contributed by atoms with van der Waals surface area (Å²) < 4.78 is 32.8. The number of anilines is 1. The normalized spacial score (nSPS) is 14.9. The average molecular weight is 471 g/mol. The second-order valence-corrected chi connectivity index (χ2v) is 9.72. The van der Waals surface area contributed by atoms with Gasteiger partial charge in [-0.1, -0.05) is 72.3 Å². The Morgan fingerprint density at radius 2 is 1.47 bits per heavy atom. The second kappa shape index (κ2) is 9.83. The third-order valence-electron chi connectivity index (χ3n) is 5.31. The van der Waals surface area contributed by atoms with E-state index in [1.807, 2.05) is 60.7 Å².